The number of carbonyl (C=O) groups excluding carboxylic acids is 6. The van der Waals surface area contributed by atoms with E-state index in [-0.39, 0.29) is 42.8 Å². The minimum Gasteiger partial charge on any atom is -0.445 e. The predicted octanol–water partition coefficient (Wildman–Crippen LogP) is 5.49. The number of imide groups is 1. The number of hydrogen-bond acceptors (Lipinski definition) is 12. The third kappa shape index (κ3) is 11.6. The van der Waals surface area contributed by atoms with Crippen molar-refractivity contribution in [2.75, 3.05) is 60.9 Å². The molecule has 3 aliphatic rings. The van der Waals surface area contributed by atoms with E-state index >= 15 is 0 Å². The summed E-state index contributed by atoms with van der Waals surface area (Å²) in [6.07, 6.45) is 8.37. The van der Waals surface area contributed by atoms with E-state index in [1.165, 1.54) is 29.9 Å². The number of nitrogens with zero attached hydrogens (tertiary/aromatic N) is 6. The number of rotatable bonds is 17. The summed E-state index contributed by atoms with van der Waals surface area (Å²) >= 11 is 1.66. The third-order valence-corrected chi connectivity index (χ3v) is 12.6. The second-order valence-electron chi connectivity index (χ2n) is 16.5. The molecule has 2 fully saturated rings. The molecule has 0 aliphatic carbocycles. The van der Waals surface area contributed by atoms with Gasteiger partial charge in [0.2, 0.25) is 17.7 Å². The number of pyridine rings is 1. The highest BCUT2D eigenvalue weighted by Gasteiger charge is 2.28. The summed E-state index contributed by atoms with van der Waals surface area (Å²) in [5, 5.41) is 9.21. The van der Waals surface area contributed by atoms with Crippen molar-refractivity contribution >= 4 is 74.4 Å². The van der Waals surface area contributed by atoms with E-state index in [9.17, 15) is 28.8 Å². The summed E-state index contributed by atoms with van der Waals surface area (Å²) in [6.45, 7) is 10.1. The molecule has 3 N–H and O–H groups in total. The molecule has 2 aromatic heterocycles. The first-order chi connectivity index (χ1) is 30.4. The predicted molar refractivity (Wildman–Crippen MR) is 242 cm³/mol. The number of aromatic nitrogens is 2. The van der Waals surface area contributed by atoms with Gasteiger partial charge in [-0.3, -0.25) is 28.9 Å². The van der Waals surface area contributed by atoms with Crippen LogP contribution in [0.15, 0.2) is 72.9 Å². The number of nitrogens with one attached hydrogen (secondary N) is 3. The molecule has 0 unspecified atom stereocenters. The minimum atomic E-state index is -0.892. The Balaban J connectivity index is 0.800. The van der Waals surface area contributed by atoms with Gasteiger partial charge in [0.05, 0.1) is 10.2 Å². The standard InChI is InChI=1S/C46H55N9O7S/c1-30(2)42(51-39(56)9-5-4-6-22-55-40(57)18-19-41(55)58)44(60)48-31(3)43(59)49-34-13-10-32(11-14-34)29-62-46(61)54-25-23-52(24-26-54)35-15-16-36-37(27-35)63-45(50-36)33-12-17-38(47-28-33)53-20-7-8-21-53/h10-19,27-28,30-31,42H,4-9,20-26,29H2,1-3H3,(H,48,60)(H,49,59)(H,51,56)/t31-,42-/m0/s1. The lowest BCUT2D eigenvalue weighted by Gasteiger charge is -2.35. The zero-order chi connectivity index (χ0) is 44.5. The molecule has 0 radical (unpaired) electrons. The zero-order valence-electron chi connectivity index (χ0n) is 36.0. The lowest BCUT2D eigenvalue weighted by atomic mass is 10.0. The smallest absolute Gasteiger partial charge is 0.410 e. The molecule has 0 saturated carbocycles. The molecule has 2 atom stereocenters. The highest BCUT2D eigenvalue weighted by Crippen LogP contribution is 2.33. The molecule has 4 aromatic rings. The molecule has 7 rings (SSSR count). The van der Waals surface area contributed by atoms with Crippen molar-refractivity contribution in [2.45, 2.75) is 78.0 Å². The number of amides is 6. The highest BCUT2D eigenvalue weighted by molar-refractivity contribution is 7.21. The quantitative estimate of drug-likeness (QED) is 0.0901. The van der Waals surface area contributed by atoms with Crippen LogP contribution in [0.1, 0.15) is 64.9 Å². The summed E-state index contributed by atoms with van der Waals surface area (Å²) in [6, 6.07) is 15.7. The van der Waals surface area contributed by atoms with Gasteiger partial charge in [0.1, 0.15) is 29.5 Å². The Bertz CT molecular complexity index is 2300. The molecule has 2 aromatic carbocycles. The van der Waals surface area contributed by atoms with Gasteiger partial charge in [0.15, 0.2) is 0 Å². The van der Waals surface area contributed by atoms with Gasteiger partial charge in [0, 0.05) is 87.5 Å². The monoisotopic (exact) mass is 877 g/mol. The number of thiazole rings is 1. The summed E-state index contributed by atoms with van der Waals surface area (Å²) in [4.78, 5) is 92.2. The van der Waals surface area contributed by atoms with Gasteiger partial charge in [-0.25, -0.2) is 14.8 Å². The van der Waals surface area contributed by atoms with Crippen LogP contribution in [-0.2, 0) is 35.3 Å². The summed E-state index contributed by atoms with van der Waals surface area (Å²) in [5.41, 5.74) is 4.31. The fourth-order valence-corrected chi connectivity index (χ4v) is 8.72. The number of piperazine rings is 1. The number of hydrogen-bond donors (Lipinski definition) is 3. The van der Waals surface area contributed by atoms with E-state index in [0.29, 0.717) is 57.7 Å². The molecule has 332 valence electrons. The van der Waals surface area contributed by atoms with Crippen LogP contribution < -0.4 is 25.8 Å². The van der Waals surface area contributed by atoms with Gasteiger partial charge in [-0.2, -0.15) is 0 Å². The van der Waals surface area contributed by atoms with Gasteiger partial charge in [-0.15, -0.1) is 11.3 Å². The van der Waals surface area contributed by atoms with Gasteiger partial charge in [0.25, 0.3) is 11.8 Å². The zero-order valence-corrected chi connectivity index (χ0v) is 36.8. The normalized spacial score (nSPS) is 16.2. The lowest BCUT2D eigenvalue weighted by Crippen LogP contribution is -2.53. The van der Waals surface area contributed by atoms with Crippen LogP contribution in [0.5, 0.6) is 0 Å². The minimum absolute atomic E-state index is 0.0707. The van der Waals surface area contributed by atoms with Crippen molar-refractivity contribution in [3.05, 3.63) is 78.5 Å². The second-order valence-corrected chi connectivity index (χ2v) is 17.5. The number of anilines is 3. The number of carbonyl (C=O) groups is 6. The molecule has 2 saturated heterocycles. The van der Waals surface area contributed by atoms with Gasteiger partial charge in [-0.05, 0) is 86.6 Å². The Labute approximate surface area is 371 Å². The van der Waals surface area contributed by atoms with Gasteiger partial charge < -0.3 is 35.4 Å². The maximum atomic E-state index is 13.1. The molecule has 6 amide bonds. The molecular formula is C46H55N9O7S. The average Bonchev–Trinajstić information content (AvgIpc) is 4.06. The summed E-state index contributed by atoms with van der Waals surface area (Å²) in [7, 11) is 0. The van der Waals surface area contributed by atoms with Crippen LogP contribution in [0.25, 0.3) is 20.8 Å². The average molecular weight is 878 g/mol. The maximum absolute atomic E-state index is 13.1. The van der Waals surface area contributed by atoms with E-state index in [1.54, 1.807) is 61.3 Å². The molecule has 63 heavy (non-hydrogen) atoms. The van der Waals surface area contributed by atoms with Crippen LogP contribution in [-0.4, -0.2) is 113 Å². The number of unbranched alkanes of at least 4 members (excludes halogenated alkanes) is 2. The number of fused-ring (bicyclic) bond motifs is 1. The topological polar surface area (TPSA) is 186 Å². The summed E-state index contributed by atoms with van der Waals surface area (Å²) in [5.74, 6) is -1.08. The molecule has 0 spiro atoms. The number of ether oxygens (including phenoxy) is 1. The van der Waals surface area contributed by atoms with Crippen molar-refractivity contribution in [2.24, 2.45) is 5.92 Å². The Hall–Kier alpha value is -6.36. The maximum Gasteiger partial charge on any atom is 0.410 e. The van der Waals surface area contributed by atoms with Crippen LogP contribution in [0.4, 0.5) is 22.0 Å². The van der Waals surface area contributed by atoms with Crippen LogP contribution in [0, 0.1) is 5.92 Å². The largest absolute Gasteiger partial charge is 0.445 e. The van der Waals surface area contributed by atoms with Crippen molar-refractivity contribution in [3.63, 3.8) is 0 Å². The van der Waals surface area contributed by atoms with Crippen molar-refractivity contribution in [3.8, 4) is 10.6 Å². The van der Waals surface area contributed by atoms with Crippen LogP contribution in [0.2, 0.25) is 0 Å². The van der Waals surface area contributed by atoms with Crippen molar-refractivity contribution in [1.29, 1.82) is 0 Å². The molecule has 5 heterocycles. The van der Waals surface area contributed by atoms with E-state index < -0.39 is 23.9 Å². The fraction of sp³-hybridized carbons (Fsp3) is 0.435. The van der Waals surface area contributed by atoms with Gasteiger partial charge in [-0.1, -0.05) is 32.4 Å². The van der Waals surface area contributed by atoms with Crippen LogP contribution >= 0.6 is 11.3 Å². The number of benzene rings is 2. The van der Waals surface area contributed by atoms with E-state index in [4.69, 9.17) is 14.7 Å². The first-order valence-corrected chi connectivity index (χ1v) is 22.5. The Morgan fingerprint density at radius 2 is 1.52 bits per heavy atom. The van der Waals surface area contributed by atoms with E-state index in [1.807, 2.05) is 6.20 Å². The highest BCUT2D eigenvalue weighted by atomic mass is 32.1. The van der Waals surface area contributed by atoms with Crippen molar-refractivity contribution in [1.82, 2.24) is 30.4 Å². The van der Waals surface area contributed by atoms with Crippen molar-refractivity contribution < 1.29 is 33.5 Å². The summed E-state index contributed by atoms with van der Waals surface area (Å²) < 4.78 is 6.74. The second kappa shape index (κ2) is 20.7. The first-order valence-electron chi connectivity index (χ1n) is 21.7. The molecule has 17 heteroatoms. The Morgan fingerprint density at radius 1 is 0.794 bits per heavy atom. The fourth-order valence-electron chi connectivity index (χ4n) is 7.73. The SMILES string of the molecule is CC(C)[C@H](NC(=O)CCCCCN1C(=O)C=CC1=O)C(=O)N[C@@H](C)C(=O)Nc1ccc(COC(=O)N2CCN(c3ccc4nc(-c5ccc(N6CCCC6)nc5)sc4c3)CC2)cc1. The third-order valence-electron chi connectivity index (χ3n) is 11.5. The van der Waals surface area contributed by atoms with Gasteiger partial charge >= 0.3 is 6.09 Å². The molecular weight excluding hydrogens is 823 g/mol. The van der Waals surface area contributed by atoms with Crippen LogP contribution in [0.3, 0.4) is 0 Å². The Kier molecular flexibility index (Phi) is 14.7. The molecule has 0 bridgehead atoms. The molecule has 16 nitrogen and oxygen atoms in total. The molecule has 3 aliphatic heterocycles. The Morgan fingerprint density at radius 3 is 2.21 bits per heavy atom. The first kappa shape index (κ1) is 44.7. The van der Waals surface area contributed by atoms with E-state index in [0.717, 1.165) is 50.9 Å². The van der Waals surface area contributed by atoms with E-state index in [2.05, 4.69) is 56.1 Å². The lowest BCUT2D eigenvalue weighted by molar-refractivity contribution is -0.137.